The minimum absolute atomic E-state index is 0.549. The average Bonchev–Trinajstić information content (AvgIpc) is 2.48. The second-order valence-corrected chi connectivity index (χ2v) is 6.44. The van der Waals surface area contributed by atoms with Crippen LogP contribution in [0.25, 0.3) is 0 Å². The molecule has 0 fully saturated rings. The van der Waals surface area contributed by atoms with Crippen molar-refractivity contribution in [1.82, 2.24) is 0 Å². The number of hydrogen-bond acceptors (Lipinski definition) is 3. The first-order valence-electron chi connectivity index (χ1n) is 6.02. The normalized spacial score (nSPS) is 12.1. The van der Waals surface area contributed by atoms with Gasteiger partial charge in [-0.05, 0) is 30.3 Å². The van der Waals surface area contributed by atoms with Crippen molar-refractivity contribution in [3.05, 3.63) is 55.4 Å². The van der Waals surface area contributed by atoms with Crippen LogP contribution in [0.2, 0.25) is 5.02 Å². The number of hydrogen-bond donors (Lipinski definition) is 1. The number of ether oxygens (including phenoxy) is 2. The van der Waals surface area contributed by atoms with Crippen molar-refractivity contribution in [2.24, 2.45) is 0 Å². The number of methoxy groups -OCH3 is 2. The highest BCUT2D eigenvalue weighted by Crippen LogP contribution is 2.39. The molecule has 0 spiro atoms. The van der Waals surface area contributed by atoms with Crippen LogP contribution in [0.3, 0.4) is 0 Å². The van der Waals surface area contributed by atoms with E-state index in [-0.39, 0.29) is 0 Å². The summed E-state index contributed by atoms with van der Waals surface area (Å²) in [4.78, 5) is 0. The van der Waals surface area contributed by atoms with E-state index in [1.165, 1.54) is 0 Å². The topological polar surface area (TPSA) is 38.7 Å². The highest BCUT2D eigenvalue weighted by Gasteiger charge is 2.20. The molecule has 0 radical (unpaired) electrons. The number of halogens is 3. The van der Waals surface area contributed by atoms with Gasteiger partial charge in [-0.15, -0.1) is 0 Å². The Morgan fingerprint density at radius 1 is 0.952 bits per heavy atom. The van der Waals surface area contributed by atoms with Crippen LogP contribution < -0.4 is 9.47 Å². The van der Waals surface area contributed by atoms with Crippen molar-refractivity contribution in [3.8, 4) is 11.5 Å². The van der Waals surface area contributed by atoms with E-state index in [2.05, 4.69) is 31.9 Å². The Bertz CT molecular complexity index is 662. The van der Waals surface area contributed by atoms with Crippen LogP contribution in [0.4, 0.5) is 0 Å². The predicted octanol–water partition coefficient (Wildman–Crippen LogP) is 4.96. The number of benzene rings is 2. The fraction of sp³-hybridized carbons (Fsp3) is 0.200. The first kappa shape index (κ1) is 16.6. The lowest BCUT2D eigenvalue weighted by molar-refractivity contribution is 0.218. The standard InChI is InChI=1S/C15H13Br2ClO3/c1-20-13-6-10(12(17)7-14(13)21-2)15(19)9-5-8(18)3-4-11(9)16/h3-7,15,19H,1-2H3. The van der Waals surface area contributed by atoms with Crippen molar-refractivity contribution >= 4 is 43.5 Å². The first-order chi connectivity index (χ1) is 9.97. The van der Waals surface area contributed by atoms with Gasteiger partial charge in [-0.3, -0.25) is 0 Å². The van der Waals surface area contributed by atoms with Gasteiger partial charge in [0.15, 0.2) is 11.5 Å². The van der Waals surface area contributed by atoms with E-state index in [4.69, 9.17) is 21.1 Å². The third-order valence-electron chi connectivity index (χ3n) is 3.05. The fourth-order valence-electron chi connectivity index (χ4n) is 1.97. The van der Waals surface area contributed by atoms with E-state index in [1.807, 2.05) is 0 Å². The highest BCUT2D eigenvalue weighted by molar-refractivity contribution is 9.10. The Balaban J connectivity index is 2.52. The smallest absolute Gasteiger partial charge is 0.161 e. The molecule has 21 heavy (non-hydrogen) atoms. The van der Waals surface area contributed by atoms with Crippen molar-refractivity contribution in [1.29, 1.82) is 0 Å². The van der Waals surface area contributed by atoms with Gasteiger partial charge in [0.05, 0.1) is 14.2 Å². The first-order valence-corrected chi connectivity index (χ1v) is 7.98. The maximum Gasteiger partial charge on any atom is 0.161 e. The monoisotopic (exact) mass is 434 g/mol. The molecule has 112 valence electrons. The van der Waals surface area contributed by atoms with Crippen molar-refractivity contribution in [2.45, 2.75) is 6.10 Å². The molecule has 2 rings (SSSR count). The van der Waals surface area contributed by atoms with Gasteiger partial charge in [-0.25, -0.2) is 0 Å². The molecular weight excluding hydrogens is 423 g/mol. The third kappa shape index (κ3) is 3.54. The number of rotatable bonds is 4. The summed E-state index contributed by atoms with van der Waals surface area (Å²) < 4.78 is 12.0. The summed E-state index contributed by atoms with van der Waals surface area (Å²) in [7, 11) is 3.12. The lowest BCUT2D eigenvalue weighted by atomic mass is 10.0. The Morgan fingerprint density at radius 2 is 1.52 bits per heavy atom. The summed E-state index contributed by atoms with van der Waals surface area (Å²) in [5, 5.41) is 11.2. The molecule has 0 saturated carbocycles. The molecule has 1 N–H and O–H groups in total. The summed E-state index contributed by atoms with van der Waals surface area (Å²) in [6, 6.07) is 8.78. The zero-order valence-electron chi connectivity index (χ0n) is 11.4. The lowest BCUT2D eigenvalue weighted by Gasteiger charge is -2.18. The van der Waals surface area contributed by atoms with Crippen LogP contribution in [0.15, 0.2) is 39.3 Å². The van der Waals surface area contributed by atoms with E-state index in [1.54, 1.807) is 44.6 Å². The molecule has 0 aromatic heterocycles. The molecule has 0 heterocycles. The molecule has 2 aromatic carbocycles. The van der Waals surface area contributed by atoms with Gasteiger partial charge in [-0.2, -0.15) is 0 Å². The van der Waals surface area contributed by atoms with Crippen LogP contribution >= 0.6 is 43.5 Å². The number of aliphatic hydroxyl groups excluding tert-OH is 1. The van der Waals surface area contributed by atoms with Crippen LogP contribution in [-0.4, -0.2) is 19.3 Å². The number of aliphatic hydroxyl groups is 1. The molecule has 0 saturated heterocycles. The van der Waals surface area contributed by atoms with Gasteiger partial charge in [0, 0.05) is 25.1 Å². The molecule has 0 bridgehead atoms. The molecular formula is C15H13Br2ClO3. The van der Waals surface area contributed by atoms with Gasteiger partial charge in [0.25, 0.3) is 0 Å². The Labute approximate surface area is 145 Å². The molecule has 1 unspecified atom stereocenters. The lowest BCUT2D eigenvalue weighted by Crippen LogP contribution is -2.03. The molecule has 0 aliphatic carbocycles. The average molecular weight is 437 g/mol. The fourth-order valence-corrected chi connectivity index (χ4v) is 3.15. The van der Waals surface area contributed by atoms with Crippen molar-refractivity contribution in [2.75, 3.05) is 14.2 Å². The van der Waals surface area contributed by atoms with Gasteiger partial charge in [0.2, 0.25) is 0 Å². The maximum atomic E-state index is 10.6. The summed E-state index contributed by atoms with van der Waals surface area (Å²) in [6.07, 6.45) is -0.854. The molecule has 0 aliphatic rings. The molecule has 0 aliphatic heterocycles. The largest absolute Gasteiger partial charge is 0.493 e. The van der Waals surface area contributed by atoms with Gasteiger partial charge < -0.3 is 14.6 Å². The van der Waals surface area contributed by atoms with Gasteiger partial charge >= 0.3 is 0 Å². The molecule has 1 atom stereocenters. The third-order valence-corrected chi connectivity index (χ3v) is 4.69. The van der Waals surface area contributed by atoms with Crippen molar-refractivity contribution in [3.63, 3.8) is 0 Å². The van der Waals surface area contributed by atoms with Crippen LogP contribution in [0.1, 0.15) is 17.2 Å². The molecule has 6 heteroatoms. The second-order valence-electron chi connectivity index (χ2n) is 4.30. The van der Waals surface area contributed by atoms with E-state index in [0.29, 0.717) is 27.6 Å². The molecule has 3 nitrogen and oxygen atoms in total. The summed E-state index contributed by atoms with van der Waals surface area (Å²) in [6.45, 7) is 0. The second kappa shape index (κ2) is 7.01. The Hall–Kier alpha value is -0.750. The highest BCUT2D eigenvalue weighted by atomic mass is 79.9. The van der Waals surface area contributed by atoms with E-state index in [0.717, 1.165) is 8.95 Å². The molecule has 2 aromatic rings. The Morgan fingerprint density at radius 3 is 2.14 bits per heavy atom. The van der Waals surface area contributed by atoms with E-state index >= 15 is 0 Å². The minimum atomic E-state index is -0.854. The minimum Gasteiger partial charge on any atom is -0.493 e. The van der Waals surface area contributed by atoms with Crippen LogP contribution in [0, 0.1) is 0 Å². The van der Waals surface area contributed by atoms with Gasteiger partial charge in [0.1, 0.15) is 6.10 Å². The zero-order chi connectivity index (χ0) is 15.6. The molecule has 0 amide bonds. The summed E-state index contributed by atoms with van der Waals surface area (Å²) >= 11 is 12.9. The zero-order valence-corrected chi connectivity index (χ0v) is 15.3. The summed E-state index contributed by atoms with van der Waals surface area (Å²) in [5.41, 5.74) is 1.34. The Kier molecular flexibility index (Phi) is 5.54. The van der Waals surface area contributed by atoms with Crippen molar-refractivity contribution < 1.29 is 14.6 Å². The maximum absolute atomic E-state index is 10.6. The van der Waals surface area contributed by atoms with E-state index < -0.39 is 6.10 Å². The van der Waals surface area contributed by atoms with Crippen LogP contribution in [0.5, 0.6) is 11.5 Å². The quantitative estimate of drug-likeness (QED) is 0.736. The van der Waals surface area contributed by atoms with E-state index in [9.17, 15) is 5.11 Å². The SMILES string of the molecule is COc1cc(Br)c(C(O)c2cc(Cl)ccc2Br)cc1OC. The van der Waals surface area contributed by atoms with Crippen LogP contribution in [-0.2, 0) is 0 Å². The predicted molar refractivity (Wildman–Crippen MR) is 90.5 cm³/mol. The van der Waals surface area contributed by atoms with Gasteiger partial charge in [-0.1, -0.05) is 43.5 Å². The summed E-state index contributed by atoms with van der Waals surface area (Å²) in [5.74, 6) is 1.14.